The number of carbonyl (C=O) groups excluding carboxylic acids is 1. The van der Waals surface area contributed by atoms with Crippen molar-refractivity contribution in [3.63, 3.8) is 0 Å². The van der Waals surface area contributed by atoms with Crippen molar-refractivity contribution in [1.82, 2.24) is 15.2 Å². The van der Waals surface area contributed by atoms with Crippen LogP contribution in [0.25, 0.3) is 0 Å². The lowest BCUT2D eigenvalue weighted by molar-refractivity contribution is -0.134. The number of aryl methyl sites for hydroxylation is 1. The van der Waals surface area contributed by atoms with E-state index in [1.165, 1.54) is 31.9 Å². The van der Waals surface area contributed by atoms with Crippen molar-refractivity contribution in [2.45, 2.75) is 58.5 Å². The van der Waals surface area contributed by atoms with Crippen LogP contribution in [-0.4, -0.2) is 27.4 Å². The van der Waals surface area contributed by atoms with E-state index in [1.54, 1.807) is 4.90 Å². The van der Waals surface area contributed by atoms with E-state index >= 15 is 0 Å². The molecule has 1 aliphatic heterocycles. The number of aliphatic hydroxyl groups is 1. The third-order valence-corrected chi connectivity index (χ3v) is 4.11. The first-order valence-electron chi connectivity index (χ1n) is 8.53. The van der Waals surface area contributed by atoms with Gasteiger partial charge in [-0.1, -0.05) is 45.1 Å². The SMILES string of the molecule is CCCCCCCCN1C(=O)C(O)=CNC1c1cccc(C)n1. The maximum Gasteiger partial charge on any atom is 0.292 e. The zero-order valence-electron chi connectivity index (χ0n) is 14.1. The summed E-state index contributed by atoms with van der Waals surface area (Å²) in [7, 11) is 0. The Labute approximate surface area is 138 Å². The number of nitrogens with one attached hydrogen (secondary N) is 1. The van der Waals surface area contributed by atoms with Crippen LogP contribution in [0.1, 0.15) is 63.0 Å². The van der Waals surface area contributed by atoms with Crippen LogP contribution in [0.4, 0.5) is 0 Å². The summed E-state index contributed by atoms with van der Waals surface area (Å²) < 4.78 is 0. The molecule has 0 bridgehead atoms. The topological polar surface area (TPSA) is 65.5 Å². The minimum atomic E-state index is -0.328. The molecule has 5 nitrogen and oxygen atoms in total. The first kappa shape index (κ1) is 17.3. The maximum atomic E-state index is 12.3. The van der Waals surface area contributed by atoms with Crippen molar-refractivity contribution in [1.29, 1.82) is 0 Å². The lowest BCUT2D eigenvalue weighted by atomic mass is 10.1. The Morgan fingerprint density at radius 2 is 1.96 bits per heavy atom. The Balaban J connectivity index is 2.00. The zero-order chi connectivity index (χ0) is 16.7. The molecule has 1 aromatic heterocycles. The summed E-state index contributed by atoms with van der Waals surface area (Å²) in [5.41, 5.74) is 1.71. The molecule has 0 aliphatic carbocycles. The predicted molar refractivity (Wildman–Crippen MR) is 90.7 cm³/mol. The average Bonchev–Trinajstić information content (AvgIpc) is 2.54. The van der Waals surface area contributed by atoms with Crippen LogP contribution in [0.3, 0.4) is 0 Å². The number of nitrogens with zero attached hydrogens (tertiary/aromatic N) is 2. The maximum absolute atomic E-state index is 12.3. The number of aliphatic hydroxyl groups excluding tert-OH is 1. The van der Waals surface area contributed by atoms with Crippen molar-refractivity contribution in [2.24, 2.45) is 0 Å². The van der Waals surface area contributed by atoms with Crippen LogP contribution in [0.2, 0.25) is 0 Å². The molecule has 2 rings (SSSR count). The number of pyridine rings is 1. The van der Waals surface area contributed by atoms with Gasteiger partial charge in [0.2, 0.25) is 0 Å². The van der Waals surface area contributed by atoms with E-state index in [2.05, 4.69) is 17.2 Å². The quantitative estimate of drug-likeness (QED) is 0.719. The second-order valence-corrected chi connectivity index (χ2v) is 6.07. The van der Waals surface area contributed by atoms with Crippen LogP contribution in [0.5, 0.6) is 0 Å². The summed E-state index contributed by atoms with van der Waals surface area (Å²) in [6.07, 6.45) is 8.03. The standard InChI is InChI=1S/C18H27N3O2/c1-3-4-5-6-7-8-12-21-17(19-13-16(22)18(21)23)15-11-9-10-14(2)20-15/h9-11,13,17,19,22H,3-8,12H2,1-2H3. The van der Waals surface area contributed by atoms with E-state index in [9.17, 15) is 9.90 Å². The lowest BCUT2D eigenvalue weighted by Gasteiger charge is -2.34. The first-order chi connectivity index (χ1) is 11.1. The Morgan fingerprint density at radius 1 is 1.22 bits per heavy atom. The summed E-state index contributed by atoms with van der Waals surface area (Å²) in [5.74, 6) is -0.564. The van der Waals surface area contributed by atoms with Crippen LogP contribution in [-0.2, 0) is 4.79 Å². The van der Waals surface area contributed by atoms with Crippen LogP contribution in [0, 0.1) is 6.92 Å². The lowest BCUT2D eigenvalue weighted by Crippen LogP contribution is -2.46. The number of aromatic nitrogens is 1. The summed E-state index contributed by atoms with van der Waals surface area (Å²) in [5, 5.41) is 12.8. The number of amides is 1. The molecule has 23 heavy (non-hydrogen) atoms. The average molecular weight is 317 g/mol. The fourth-order valence-corrected chi connectivity index (χ4v) is 2.83. The third-order valence-electron chi connectivity index (χ3n) is 4.11. The Hall–Kier alpha value is -2.04. The largest absolute Gasteiger partial charge is 0.502 e. The van der Waals surface area contributed by atoms with Crippen molar-refractivity contribution in [3.8, 4) is 0 Å². The highest BCUT2D eigenvalue weighted by Gasteiger charge is 2.31. The van der Waals surface area contributed by atoms with E-state index < -0.39 is 0 Å². The van der Waals surface area contributed by atoms with Gasteiger partial charge in [-0.15, -0.1) is 0 Å². The van der Waals surface area contributed by atoms with Crippen LogP contribution >= 0.6 is 0 Å². The Bertz CT molecular complexity index is 557. The summed E-state index contributed by atoms with van der Waals surface area (Å²) in [6, 6.07) is 5.77. The number of hydrogen-bond donors (Lipinski definition) is 2. The van der Waals surface area contributed by atoms with Gasteiger partial charge in [-0.2, -0.15) is 0 Å². The molecule has 0 spiro atoms. The van der Waals surface area contributed by atoms with Crippen molar-refractivity contribution < 1.29 is 9.90 Å². The van der Waals surface area contributed by atoms with Crippen molar-refractivity contribution >= 4 is 5.91 Å². The Morgan fingerprint density at radius 3 is 2.70 bits per heavy atom. The van der Waals surface area contributed by atoms with Crippen LogP contribution < -0.4 is 5.32 Å². The van der Waals surface area contributed by atoms with Gasteiger partial charge in [0.1, 0.15) is 6.17 Å². The molecular formula is C18H27N3O2. The molecule has 0 saturated carbocycles. The normalized spacial score (nSPS) is 17.8. The number of hydrogen-bond acceptors (Lipinski definition) is 4. The molecule has 2 heterocycles. The van der Waals surface area contributed by atoms with Gasteiger partial charge in [0.15, 0.2) is 5.76 Å². The fraction of sp³-hybridized carbons (Fsp3) is 0.556. The molecular weight excluding hydrogens is 290 g/mol. The van der Waals surface area contributed by atoms with Gasteiger partial charge < -0.3 is 15.3 Å². The van der Waals surface area contributed by atoms with Gasteiger partial charge in [-0.05, 0) is 25.5 Å². The van der Waals surface area contributed by atoms with Gasteiger partial charge in [0, 0.05) is 18.4 Å². The highest BCUT2D eigenvalue weighted by atomic mass is 16.3. The molecule has 1 aliphatic rings. The number of rotatable bonds is 8. The second kappa shape index (κ2) is 8.56. The third kappa shape index (κ3) is 4.71. The van der Waals surface area contributed by atoms with Gasteiger partial charge in [0.05, 0.1) is 5.69 Å². The summed E-state index contributed by atoms with van der Waals surface area (Å²) in [6.45, 7) is 4.75. The molecule has 0 aromatic carbocycles. The molecule has 0 saturated heterocycles. The molecule has 2 N–H and O–H groups in total. The van der Waals surface area contributed by atoms with Gasteiger partial charge >= 0.3 is 0 Å². The molecule has 0 radical (unpaired) electrons. The summed E-state index contributed by atoms with van der Waals surface area (Å²) in [4.78, 5) is 18.5. The summed E-state index contributed by atoms with van der Waals surface area (Å²) >= 11 is 0. The van der Waals surface area contributed by atoms with E-state index in [1.807, 2.05) is 25.1 Å². The van der Waals surface area contributed by atoms with Crippen molar-refractivity contribution in [2.75, 3.05) is 6.54 Å². The second-order valence-electron chi connectivity index (χ2n) is 6.07. The molecule has 1 aromatic rings. The zero-order valence-corrected chi connectivity index (χ0v) is 14.1. The van der Waals surface area contributed by atoms with Gasteiger partial charge in [-0.25, -0.2) is 0 Å². The van der Waals surface area contributed by atoms with E-state index in [-0.39, 0.29) is 17.8 Å². The molecule has 1 atom stereocenters. The van der Waals surface area contributed by atoms with Gasteiger partial charge in [0.25, 0.3) is 5.91 Å². The van der Waals surface area contributed by atoms with Crippen LogP contribution in [0.15, 0.2) is 30.2 Å². The highest BCUT2D eigenvalue weighted by molar-refractivity contribution is 5.92. The first-order valence-corrected chi connectivity index (χ1v) is 8.53. The predicted octanol–water partition coefficient (Wildman–Crippen LogP) is 3.58. The smallest absolute Gasteiger partial charge is 0.292 e. The monoisotopic (exact) mass is 317 g/mol. The van der Waals surface area contributed by atoms with Crippen molar-refractivity contribution in [3.05, 3.63) is 41.5 Å². The molecule has 1 amide bonds. The Kier molecular flexibility index (Phi) is 6.44. The molecule has 5 heteroatoms. The van der Waals surface area contributed by atoms with E-state index in [4.69, 9.17) is 0 Å². The van der Waals surface area contributed by atoms with Gasteiger partial charge in [-0.3, -0.25) is 9.78 Å². The molecule has 126 valence electrons. The van der Waals surface area contributed by atoms with E-state index in [0.717, 1.165) is 24.2 Å². The fourth-order valence-electron chi connectivity index (χ4n) is 2.83. The minimum absolute atomic E-state index is 0.236. The van der Waals surface area contributed by atoms with E-state index in [0.29, 0.717) is 6.54 Å². The molecule has 1 unspecified atom stereocenters. The molecule has 0 fully saturated rings. The minimum Gasteiger partial charge on any atom is -0.502 e. The number of carbonyl (C=O) groups is 1. The highest BCUT2D eigenvalue weighted by Crippen LogP contribution is 2.23. The number of unbranched alkanes of at least 4 members (excludes halogenated alkanes) is 5.